The molecule has 0 aromatic heterocycles. The molecule has 0 spiro atoms. The lowest BCUT2D eigenvalue weighted by atomic mass is 9.83. The maximum absolute atomic E-state index is 14.0. The lowest BCUT2D eigenvalue weighted by Crippen LogP contribution is -2.42. The van der Waals surface area contributed by atoms with E-state index < -0.39 is 27.9 Å². The number of benzene rings is 2. The van der Waals surface area contributed by atoms with Gasteiger partial charge in [-0.05, 0) is 74.6 Å². The Balaban J connectivity index is 1.69. The summed E-state index contributed by atoms with van der Waals surface area (Å²) in [6.07, 6.45) is 1.83. The summed E-state index contributed by atoms with van der Waals surface area (Å²) in [5.41, 5.74) is 1.01. The van der Waals surface area contributed by atoms with Gasteiger partial charge in [0.05, 0.1) is 23.0 Å². The molecule has 2 aromatic rings. The Labute approximate surface area is 283 Å². The zero-order valence-corrected chi connectivity index (χ0v) is 30.7. The van der Waals surface area contributed by atoms with Gasteiger partial charge in [0.1, 0.15) is 11.4 Å². The summed E-state index contributed by atoms with van der Waals surface area (Å²) < 4.78 is 88.2. The highest BCUT2D eigenvalue weighted by Crippen LogP contribution is 2.50. The van der Waals surface area contributed by atoms with E-state index in [2.05, 4.69) is 10.3 Å². The Morgan fingerprint density at radius 3 is 1.46 bits per heavy atom. The van der Waals surface area contributed by atoms with Crippen molar-refractivity contribution in [2.45, 2.75) is 64.2 Å². The maximum atomic E-state index is 14.0. The quantitative estimate of drug-likeness (QED) is 0.161. The molecule has 2 aliphatic heterocycles. The molecule has 0 unspecified atom stereocenters. The number of phosphoric acid groups is 1. The number of phosphoric ester groups is 1. The average Bonchev–Trinajstić information content (AvgIpc) is 3.01. The van der Waals surface area contributed by atoms with Crippen molar-refractivity contribution in [3.8, 4) is 0 Å². The SMILES string of the molecule is CCOP(=O)(OCC)ON=C1c2cc(S(=O)(=O)N3C[C@H](C)C[C@H](C)C3)ccc2C(=NO)c2ccc(S(=O)(=O)N3C[C@H](C)C[C@H](C)C3)cc21. The topological polar surface area (TPSA) is 164 Å². The second-order valence-electron chi connectivity index (χ2n) is 13.2. The van der Waals surface area contributed by atoms with Gasteiger partial charge in [-0.25, -0.2) is 21.4 Å². The zero-order chi connectivity index (χ0) is 35.0. The molecule has 0 bridgehead atoms. The Kier molecular flexibility index (Phi) is 10.9. The molecule has 1 aliphatic carbocycles. The van der Waals surface area contributed by atoms with Crippen LogP contribution in [0.25, 0.3) is 0 Å². The maximum Gasteiger partial charge on any atom is 0.550 e. The van der Waals surface area contributed by atoms with Crippen molar-refractivity contribution in [3.63, 3.8) is 0 Å². The van der Waals surface area contributed by atoms with Crippen molar-refractivity contribution < 1.29 is 40.3 Å². The highest BCUT2D eigenvalue weighted by atomic mass is 32.2. The fourth-order valence-electron chi connectivity index (χ4n) is 7.06. The minimum absolute atomic E-state index is 0.0131. The average molecular weight is 725 g/mol. The van der Waals surface area contributed by atoms with Crippen LogP contribution in [0.5, 0.6) is 0 Å². The molecule has 13 nitrogen and oxygen atoms in total. The molecule has 48 heavy (non-hydrogen) atoms. The van der Waals surface area contributed by atoms with E-state index in [4.69, 9.17) is 13.7 Å². The van der Waals surface area contributed by atoms with Gasteiger partial charge in [0.15, 0.2) is 0 Å². The van der Waals surface area contributed by atoms with Crippen LogP contribution in [-0.2, 0) is 38.3 Å². The highest BCUT2D eigenvalue weighted by Gasteiger charge is 2.37. The molecule has 2 heterocycles. The highest BCUT2D eigenvalue weighted by molar-refractivity contribution is 7.89. The zero-order valence-electron chi connectivity index (χ0n) is 28.2. The monoisotopic (exact) mass is 724 g/mol. The van der Waals surface area contributed by atoms with Crippen LogP contribution in [0.1, 0.15) is 76.6 Å². The van der Waals surface area contributed by atoms with Crippen molar-refractivity contribution in [3.05, 3.63) is 58.7 Å². The molecule has 0 amide bonds. The lowest BCUT2D eigenvalue weighted by molar-refractivity contribution is 0.125. The fraction of sp³-hybridized carbons (Fsp3) is 0.562. The predicted molar refractivity (Wildman–Crippen MR) is 181 cm³/mol. The first-order valence-corrected chi connectivity index (χ1v) is 20.6. The van der Waals surface area contributed by atoms with Gasteiger partial charge < -0.3 is 5.21 Å². The summed E-state index contributed by atoms with van der Waals surface area (Å²) in [6, 6.07) is 8.70. The molecule has 5 rings (SSSR count). The number of piperidine rings is 2. The number of hydrogen-bond acceptors (Lipinski definition) is 11. The molecule has 1 N–H and O–H groups in total. The predicted octanol–water partition coefficient (Wildman–Crippen LogP) is 5.51. The molecule has 4 atom stereocenters. The van der Waals surface area contributed by atoms with E-state index >= 15 is 0 Å². The van der Waals surface area contributed by atoms with Crippen LogP contribution in [0, 0.1) is 23.7 Å². The van der Waals surface area contributed by atoms with Crippen molar-refractivity contribution in [2.24, 2.45) is 34.0 Å². The van der Waals surface area contributed by atoms with Gasteiger partial charge >= 0.3 is 7.82 Å². The minimum atomic E-state index is -4.21. The number of oxime groups is 2. The second kappa shape index (κ2) is 14.3. The lowest BCUT2D eigenvalue weighted by Gasteiger charge is -2.34. The van der Waals surface area contributed by atoms with Gasteiger partial charge in [-0.1, -0.05) is 50.1 Å². The summed E-state index contributed by atoms with van der Waals surface area (Å²) in [4.78, 5) is -0.0669. The van der Waals surface area contributed by atoms with E-state index in [1.165, 1.54) is 45.0 Å². The third kappa shape index (κ3) is 7.28. The molecule has 2 fully saturated rings. The van der Waals surface area contributed by atoms with Crippen molar-refractivity contribution in [2.75, 3.05) is 39.4 Å². The fourth-order valence-corrected chi connectivity index (χ4v) is 11.5. The van der Waals surface area contributed by atoms with Crippen LogP contribution in [0.3, 0.4) is 0 Å². The van der Waals surface area contributed by atoms with Crippen LogP contribution in [-0.4, -0.2) is 81.5 Å². The first-order valence-electron chi connectivity index (χ1n) is 16.3. The first kappa shape index (κ1) is 36.6. The van der Waals surface area contributed by atoms with Gasteiger partial charge in [-0.3, -0.25) is 13.7 Å². The third-order valence-corrected chi connectivity index (χ3v) is 13.9. The summed E-state index contributed by atoms with van der Waals surface area (Å²) in [7, 11) is -12.2. The van der Waals surface area contributed by atoms with Gasteiger partial charge in [0.25, 0.3) is 0 Å². The standard InChI is InChI=1S/C32H45N4O9PS2/c1-7-43-46(38,44-8-2)45-34-32-29-15-25(47(39,40)35-17-21(3)13-22(4)18-35)9-11-27(29)31(33-37)28-12-10-26(16-30(28)32)48(41,42)36-19-23(5)14-24(6)20-36/h9-12,15-16,21-24,37H,7-8,13-14,17-20H2,1-6H3/t21-,22+,23-,24+. The molecular formula is C32H45N4O9PS2. The first-order chi connectivity index (χ1) is 22.6. The Morgan fingerprint density at radius 2 is 1.10 bits per heavy atom. The van der Waals surface area contributed by atoms with E-state index in [1.54, 1.807) is 13.8 Å². The van der Waals surface area contributed by atoms with E-state index in [-0.39, 0.29) is 69.2 Å². The Hall–Kier alpha value is -2.65. The van der Waals surface area contributed by atoms with Gasteiger partial charge in [0, 0.05) is 48.4 Å². The van der Waals surface area contributed by atoms with Crippen molar-refractivity contribution >= 4 is 39.3 Å². The molecular weight excluding hydrogens is 679 g/mol. The van der Waals surface area contributed by atoms with E-state index in [9.17, 15) is 26.6 Å². The van der Waals surface area contributed by atoms with Gasteiger partial charge in [0.2, 0.25) is 20.0 Å². The molecule has 0 saturated carbocycles. The largest absolute Gasteiger partial charge is 0.550 e. The summed E-state index contributed by atoms with van der Waals surface area (Å²) in [6.45, 7) is 12.7. The smallest absolute Gasteiger partial charge is 0.410 e. The van der Waals surface area contributed by atoms with E-state index in [0.717, 1.165) is 12.8 Å². The summed E-state index contributed by atoms with van der Waals surface area (Å²) >= 11 is 0. The molecule has 264 valence electrons. The van der Waals surface area contributed by atoms with Crippen LogP contribution in [0.4, 0.5) is 0 Å². The number of nitrogens with zero attached hydrogens (tertiary/aromatic N) is 4. The van der Waals surface area contributed by atoms with Crippen molar-refractivity contribution in [1.82, 2.24) is 8.61 Å². The Morgan fingerprint density at radius 1 is 0.708 bits per heavy atom. The number of sulfonamides is 2. The van der Waals surface area contributed by atoms with Crippen LogP contribution >= 0.6 is 7.82 Å². The summed E-state index contributed by atoms with van der Waals surface area (Å²) in [5.74, 6) is 0.682. The van der Waals surface area contributed by atoms with Crippen LogP contribution in [0.2, 0.25) is 0 Å². The van der Waals surface area contributed by atoms with Crippen molar-refractivity contribution in [1.29, 1.82) is 0 Å². The van der Waals surface area contributed by atoms with Gasteiger partial charge in [-0.15, -0.1) is 0 Å². The molecule has 2 saturated heterocycles. The van der Waals surface area contributed by atoms with E-state index in [0.29, 0.717) is 37.3 Å². The molecule has 3 aliphatic rings. The van der Waals surface area contributed by atoms with E-state index in [1.807, 2.05) is 27.7 Å². The Bertz CT molecular complexity index is 1720. The molecule has 0 radical (unpaired) electrons. The summed E-state index contributed by atoms with van der Waals surface area (Å²) in [5, 5.41) is 18.0. The van der Waals surface area contributed by atoms with Gasteiger partial charge in [-0.2, -0.15) is 8.61 Å². The molecule has 16 heteroatoms. The number of hydrogen-bond donors (Lipinski definition) is 1. The number of rotatable bonds is 10. The normalized spacial score (nSPS) is 24.1. The van der Waals surface area contributed by atoms with Crippen LogP contribution < -0.4 is 0 Å². The second-order valence-corrected chi connectivity index (χ2v) is 18.7. The minimum Gasteiger partial charge on any atom is -0.410 e. The number of fused-ring (bicyclic) bond motifs is 2. The molecule has 2 aromatic carbocycles. The van der Waals surface area contributed by atoms with Crippen LogP contribution in [0.15, 0.2) is 56.5 Å². The third-order valence-electron chi connectivity index (χ3n) is 8.86.